The molecule has 0 fully saturated rings. The lowest BCUT2D eigenvalue weighted by molar-refractivity contribution is -0.128. The number of amides is 1. The Labute approximate surface area is 125 Å². The average molecular weight is 305 g/mol. The Bertz CT molecular complexity index is 665. The minimum atomic E-state index is -0.627. The summed E-state index contributed by atoms with van der Waals surface area (Å²) in [6.07, 6.45) is 0. The highest BCUT2D eigenvalue weighted by atomic mass is 32.2. The molecule has 0 unspecified atom stereocenters. The molecule has 1 aliphatic rings. The van der Waals surface area contributed by atoms with E-state index in [1.807, 2.05) is 24.3 Å². The summed E-state index contributed by atoms with van der Waals surface area (Å²) in [5, 5.41) is 0. The summed E-state index contributed by atoms with van der Waals surface area (Å²) in [4.78, 5) is 14.2. The van der Waals surface area contributed by atoms with Gasteiger partial charge in [-0.2, -0.15) is 0 Å². The SMILES string of the molecule is O=C(CSc1ccc(F)cc1F)N1Cc2ccccc2C1. The number of carbonyl (C=O) groups is 1. The number of fused-ring (bicyclic) bond motifs is 1. The Morgan fingerprint density at radius 3 is 2.38 bits per heavy atom. The van der Waals surface area contributed by atoms with E-state index in [4.69, 9.17) is 0 Å². The van der Waals surface area contributed by atoms with Gasteiger partial charge >= 0.3 is 0 Å². The summed E-state index contributed by atoms with van der Waals surface area (Å²) >= 11 is 1.10. The first kappa shape index (κ1) is 14.1. The van der Waals surface area contributed by atoms with Crippen molar-refractivity contribution in [1.29, 1.82) is 0 Å². The predicted octanol–water partition coefficient (Wildman–Crippen LogP) is 3.60. The molecule has 5 heteroatoms. The normalized spacial score (nSPS) is 13.3. The van der Waals surface area contributed by atoms with E-state index in [9.17, 15) is 13.6 Å². The second-order valence-corrected chi connectivity index (χ2v) is 5.90. The average Bonchev–Trinajstić information content (AvgIpc) is 2.90. The van der Waals surface area contributed by atoms with E-state index in [2.05, 4.69) is 0 Å². The van der Waals surface area contributed by atoms with Gasteiger partial charge in [0.1, 0.15) is 11.6 Å². The fourth-order valence-electron chi connectivity index (χ4n) is 2.33. The summed E-state index contributed by atoms with van der Waals surface area (Å²) in [5.74, 6) is -1.13. The Hall–Kier alpha value is -1.88. The van der Waals surface area contributed by atoms with Crippen molar-refractivity contribution in [3.05, 3.63) is 65.2 Å². The lowest BCUT2D eigenvalue weighted by atomic mass is 10.1. The van der Waals surface area contributed by atoms with Gasteiger partial charge in [0, 0.05) is 24.1 Å². The molecule has 0 atom stereocenters. The minimum Gasteiger partial charge on any atom is -0.333 e. The predicted molar refractivity (Wildman–Crippen MR) is 77.8 cm³/mol. The van der Waals surface area contributed by atoms with Gasteiger partial charge in [0.2, 0.25) is 5.91 Å². The van der Waals surface area contributed by atoms with Gasteiger partial charge in [-0.15, -0.1) is 11.8 Å². The van der Waals surface area contributed by atoms with Crippen LogP contribution < -0.4 is 0 Å². The van der Waals surface area contributed by atoms with E-state index in [-0.39, 0.29) is 11.7 Å². The molecular weight excluding hydrogens is 292 g/mol. The van der Waals surface area contributed by atoms with Crippen LogP contribution in [0.5, 0.6) is 0 Å². The van der Waals surface area contributed by atoms with E-state index in [0.717, 1.165) is 29.0 Å². The molecule has 0 saturated carbocycles. The third-order valence-electron chi connectivity index (χ3n) is 3.44. The molecule has 2 nitrogen and oxygen atoms in total. The molecule has 108 valence electrons. The highest BCUT2D eigenvalue weighted by Crippen LogP contribution is 2.26. The van der Waals surface area contributed by atoms with Gasteiger partial charge in [-0.3, -0.25) is 4.79 Å². The summed E-state index contributed by atoms with van der Waals surface area (Å²) in [7, 11) is 0. The second kappa shape index (κ2) is 5.85. The van der Waals surface area contributed by atoms with E-state index in [1.165, 1.54) is 12.1 Å². The van der Waals surface area contributed by atoms with Crippen LogP contribution in [0.4, 0.5) is 8.78 Å². The van der Waals surface area contributed by atoms with Crippen molar-refractivity contribution in [3.63, 3.8) is 0 Å². The molecule has 2 aromatic rings. The molecule has 0 spiro atoms. The maximum atomic E-state index is 13.5. The summed E-state index contributed by atoms with van der Waals surface area (Å²) < 4.78 is 26.3. The van der Waals surface area contributed by atoms with Gasteiger partial charge in [0.25, 0.3) is 0 Å². The lowest BCUT2D eigenvalue weighted by Gasteiger charge is -2.15. The van der Waals surface area contributed by atoms with E-state index in [1.54, 1.807) is 4.90 Å². The van der Waals surface area contributed by atoms with Crippen molar-refractivity contribution in [2.45, 2.75) is 18.0 Å². The summed E-state index contributed by atoms with van der Waals surface area (Å²) in [6.45, 7) is 1.20. The summed E-state index contributed by atoms with van der Waals surface area (Å²) in [5.41, 5.74) is 2.31. The standard InChI is InChI=1S/C16H13F2NOS/c17-13-5-6-15(14(18)7-13)21-10-16(20)19-8-11-3-1-2-4-12(11)9-19/h1-7H,8-10H2. The number of hydrogen-bond donors (Lipinski definition) is 0. The van der Waals surface area contributed by atoms with Crippen molar-refractivity contribution < 1.29 is 13.6 Å². The van der Waals surface area contributed by atoms with Crippen LogP contribution in [-0.2, 0) is 17.9 Å². The van der Waals surface area contributed by atoms with Crippen LogP contribution in [0.1, 0.15) is 11.1 Å². The van der Waals surface area contributed by atoms with Crippen molar-refractivity contribution in [2.75, 3.05) is 5.75 Å². The molecule has 0 aromatic heterocycles. The lowest BCUT2D eigenvalue weighted by Crippen LogP contribution is -2.26. The Kier molecular flexibility index (Phi) is 3.92. The van der Waals surface area contributed by atoms with Crippen molar-refractivity contribution in [2.24, 2.45) is 0 Å². The molecule has 1 aliphatic heterocycles. The molecule has 0 N–H and O–H groups in total. The molecule has 1 amide bonds. The molecule has 0 radical (unpaired) electrons. The van der Waals surface area contributed by atoms with Crippen LogP contribution in [0.15, 0.2) is 47.4 Å². The van der Waals surface area contributed by atoms with Gasteiger partial charge < -0.3 is 4.90 Å². The van der Waals surface area contributed by atoms with Crippen LogP contribution in [0.3, 0.4) is 0 Å². The number of thioether (sulfide) groups is 1. The number of nitrogens with zero attached hydrogens (tertiary/aromatic N) is 1. The first-order valence-corrected chi connectivity index (χ1v) is 7.54. The fourth-order valence-corrected chi connectivity index (χ4v) is 3.16. The van der Waals surface area contributed by atoms with Gasteiger partial charge in [0.05, 0.1) is 5.75 Å². The van der Waals surface area contributed by atoms with Crippen LogP contribution in [-0.4, -0.2) is 16.6 Å². The fraction of sp³-hybridized carbons (Fsp3) is 0.188. The molecule has 21 heavy (non-hydrogen) atoms. The quantitative estimate of drug-likeness (QED) is 0.808. The molecule has 2 aromatic carbocycles. The van der Waals surface area contributed by atoms with Crippen LogP contribution in [0.2, 0.25) is 0 Å². The smallest absolute Gasteiger partial charge is 0.233 e. The summed E-state index contributed by atoms with van der Waals surface area (Å²) in [6, 6.07) is 11.3. The van der Waals surface area contributed by atoms with Gasteiger partial charge in [0.15, 0.2) is 0 Å². The zero-order valence-corrected chi connectivity index (χ0v) is 12.0. The maximum absolute atomic E-state index is 13.5. The van der Waals surface area contributed by atoms with Gasteiger partial charge in [-0.05, 0) is 23.3 Å². The molecule has 0 bridgehead atoms. The largest absolute Gasteiger partial charge is 0.333 e. The zero-order chi connectivity index (χ0) is 14.8. The molecule has 0 saturated heterocycles. The van der Waals surface area contributed by atoms with Gasteiger partial charge in [-0.25, -0.2) is 8.78 Å². The van der Waals surface area contributed by atoms with E-state index >= 15 is 0 Å². The number of halogens is 2. The minimum absolute atomic E-state index is 0.0417. The number of carbonyl (C=O) groups excluding carboxylic acids is 1. The number of rotatable bonds is 3. The zero-order valence-electron chi connectivity index (χ0n) is 11.2. The molecule has 0 aliphatic carbocycles. The third kappa shape index (κ3) is 3.08. The van der Waals surface area contributed by atoms with Crippen molar-refractivity contribution in [1.82, 2.24) is 4.90 Å². The first-order valence-electron chi connectivity index (χ1n) is 6.56. The highest BCUT2D eigenvalue weighted by molar-refractivity contribution is 8.00. The van der Waals surface area contributed by atoms with Crippen molar-refractivity contribution >= 4 is 17.7 Å². The number of benzene rings is 2. The van der Waals surface area contributed by atoms with Crippen LogP contribution in [0.25, 0.3) is 0 Å². The second-order valence-electron chi connectivity index (χ2n) is 4.88. The van der Waals surface area contributed by atoms with E-state index < -0.39 is 11.6 Å². The number of hydrogen-bond acceptors (Lipinski definition) is 2. The monoisotopic (exact) mass is 305 g/mol. The van der Waals surface area contributed by atoms with Gasteiger partial charge in [-0.1, -0.05) is 24.3 Å². The Morgan fingerprint density at radius 1 is 1.10 bits per heavy atom. The first-order chi connectivity index (χ1) is 10.1. The molecule has 3 rings (SSSR count). The Morgan fingerprint density at radius 2 is 1.76 bits per heavy atom. The topological polar surface area (TPSA) is 20.3 Å². The van der Waals surface area contributed by atoms with Crippen molar-refractivity contribution in [3.8, 4) is 0 Å². The Balaban J connectivity index is 1.61. The van der Waals surface area contributed by atoms with E-state index in [0.29, 0.717) is 18.0 Å². The molecular formula is C16H13F2NOS. The third-order valence-corrected chi connectivity index (χ3v) is 4.47. The van der Waals surface area contributed by atoms with Crippen LogP contribution in [0, 0.1) is 11.6 Å². The van der Waals surface area contributed by atoms with Crippen LogP contribution >= 0.6 is 11.8 Å². The maximum Gasteiger partial charge on any atom is 0.233 e. The molecule has 1 heterocycles. The highest BCUT2D eigenvalue weighted by Gasteiger charge is 2.22.